The van der Waals surface area contributed by atoms with E-state index in [-0.39, 0.29) is 18.4 Å². The first-order chi connectivity index (χ1) is 8.11. The Kier molecular flexibility index (Phi) is 4.41. The number of aliphatic hydroxyl groups excluding tert-OH is 1. The fourth-order valence-corrected chi connectivity index (χ4v) is 4.25. The summed E-state index contributed by atoms with van der Waals surface area (Å²) >= 11 is 0. The van der Waals surface area contributed by atoms with Crippen LogP contribution in [0.2, 0.25) is 0 Å². The standard InChI is InChI=1S/C11H22N2O3S/c14-7-2-8-17(15,16)12-10-4-6-13-5-1-3-11(13)9-10/h10-12,14H,1-9H2. The molecular weight excluding hydrogens is 240 g/mol. The van der Waals surface area contributed by atoms with Crippen molar-refractivity contribution in [1.82, 2.24) is 9.62 Å². The minimum absolute atomic E-state index is 0.0361. The highest BCUT2D eigenvalue weighted by molar-refractivity contribution is 7.89. The van der Waals surface area contributed by atoms with Crippen LogP contribution in [-0.2, 0) is 10.0 Å². The summed E-state index contributed by atoms with van der Waals surface area (Å²) in [5, 5.41) is 8.66. The van der Waals surface area contributed by atoms with E-state index in [1.165, 1.54) is 19.4 Å². The number of hydrogen-bond acceptors (Lipinski definition) is 4. The number of aliphatic hydroxyl groups is 1. The van der Waals surface area contributed by atoms with Gasteiger partial charge in [0, 0.05) is 18.7 Å². The Morgan fingerprint density at radius 3 is 2.88 bits per heavy atom. The summed E-state index contributed by atoms with van der Waals surface area (Å²) in [6, 6.07) is 0.673. The van der Waals surface area contributed by atoms with E-state index in [9.17, 15) is 8.42 Å². The monoisotopic (exact) mass is 262 g/mol. The zero-order chi connectivity index (χ0) is 12.3. The number of hydrogen-bond donors (Lipinski definition) is 2. The van der Waals surface area contributed by atoms with Crippen LogP contribution in [0.1, 0.15) is 32.1 Å². The van der Waals surface area contributed by atoms with Gasteiger partial charge < -0.3 is 10.0 Å². The fourth-order valence-electron chi connectivity index (χ4n) is 2.90. The van der Waals surface area contributed by atoms with E-state index in [0.29, 0.717) is 12.5 Å². The lowest BCUT2D eigenvalue weighted by atomic mass is 9.99. The third kappa shape index (κ3) is 3.64. The first-order valence-electron chi connectivity index (χ1n) is 6.45. The highest BCUT2D eigenvalue weighted by Gasteiger charge is 2.33. The number of rotatable bonds is 5. The van der Waals surface area contributed by atoms with Crippen molar-refractivity contribution in [2.24, 2.45) is 0 Å². The SMILES string of the molecule is O=S(=O)(CCCO)NC1CCN2CCCC2C1. The zero-order valence-electron chi connectivity index (χ0n) is 10.1. The van der Waals surface area contributed by atoms with Gasteiger partial charge in [0.15, 0.2) is 0 Å². The molecule has 0 bridgehead atoms. The van der Waals surface area contributed by atoms with Crippen LogP contribution in [0.15, 0.2) is 0 Å². The number of fused-ring (bicyclic) bond motifs is 1. The highest BCUT2D eigenvalue weighted by Crippen LogP contribution is 2.27. The van der Waals surface area contributed by atoms with Crippen molar-refractivity contribution < 1.29 is 13.5 Å². The normalized spacial score (nSPS) is 30.4. The molecule has 17 heavy (non-hydrogen) atoms. The van der Waals surface area contributed by atoms with Gasteiger partial charge in [0.2, 0.25) is 10.0 Å². The highest BCUT2D eigenvalue weighted by atomic mass is 32.2. The van der Waals surface area contributed by atoms with Crippen molar-refractivity contribution in [2.45, 2.75) is 44.2 Å². The van der Waals surface area contributed by atoms with Crippen LogP contribution in [-0.4, -0.2) is 56.0 Å². The van der Waals surface area contributed by atoms with Crippen molar-refractivity contribution in [2.75, 3.05) is 25.4 Å². The van der Waals surface area contributed by atoms with Crippen LogP contribution < -0.4 is 4.72 Å². The maximum Gasteiger partial charge on any atom is 0.211 e. The van der Waals surface area contributed by atoms with E-state index in [0.717, 1.165) is 19.4 Å². The second-order valence-corrected chi connectivity index (χ2v) is 6.94. The van der Waals surface area contributed by atoms with Crippen molar-refractivity contribution in [3.8, 4) is 0 Å². The quantitative estimate of drug-likeness (QED) is 0.727. The molecule has 2 fully saturated rings. The summed E-state index contributed by atoms with van der Waals surface area (Å²) in [4.78, 5) is 2.47. The third-order valence-corrected chi connectivity index (χ3v) is 5.26. The second-order valence-electron chi connectivity index (χ2n) is 5.07. The van der Waals surface area contributed by atoms with E-state index in [2.05, 4.69) is 9.62 Å². The van der Waals surface area contributed by atoms with E-state index in [1.54, 1.807) is 0 Å². The fraction of sp³-hybridized carbons (Fsp3) is 1.00. The summed E-state index contributed by atoms with van der Waals surface area (Å²) in [5.41, 5.74) is 0. The molecule has 2 rings (SSSR count). The molecule has 0 aromatic heterocycles. The van der Waals surface area contributed by atoms with Crippen LogP contribution in [0.5, 0.6) is 0 Å². The van der Waals surface area contributed by atoms with Crippen molar-refractivity contribution in [3.63, 3.8) is 0 Å². The largest absolute Gasteiger partial charge is 0.396 e. The minimum atomic E-state index is -3.20. The van der Waals surface area contributed by atoms with Crippen LogP contribution >= 0.6 is 0 Å². The predicted octanol–water partition coefficient (Wildman–Crippen LogP) is -0.0850. The number of nitrogens with zero attached hydrogens (tertiary/aromatic N) is 1. The first kappa shape index (κ1) is 13.3. The van der Waals surface area contributed by atoms with Crippen LogP contribution in [0.3, 0.4) is 0 Å². The van der Waals surface area contributed by atoms with Crippen molar-refractivity contribution in [1.29, 1.82) is 0 Å². The van der Waals surface area contributed by atoms with Gasteiger partial charge in [0.1, 0.15) is 0 Å². The van der Waals surface area contributed by atoms with Gasteiger partial charge in [-0.25, -0.2) is 13.1 Å². The summed E-state index contributed by atoms with van der Waals surface area (Å²) in [6.07, 6.45) is 4.62. The lowest BCUT2D eigenvalue weighted by Gasteiger charge is -2.34. The maximum absolute atomic E-state index is 11.7. The maximum atomic E-state index is 11.7. The van der Waals surface area contributed by atoms with Gasteiger partial charge in [-0.15, -0.1) is 0 Å². The Morgan fingerprint density at radius 2 is 2.12 bits per heavy atom. The topological polar surface area (TPSA) is 69.6 Å². The molecule has 0 aromatic carbocycles. The van der Waals surface area contributed by atoms with Crippen LogP contribution in [0, 0.1) is 0 Å². The molecule has 2 unspecified atom stereocenters. The molecule has 0 saturated carbocycles. The average Bonchev–Trinajstić information content (AvgIpc) is 2.73. The molecule has 6 heteroatoms. The van der Waals surface area contributed by atoms with Gasteiger partial charge >= 0.3 is 0 Å². The summed E-state index contributed by atoms with van der Waals surface area (Å²) in [5.74, 6) is 0.0361. The van der Waals surface area contributed by atoms with Crippen molar-refractivity contribution >= 4 is 10.0 Å². The molecule has 2 aliphatic heterocycles. The smallest absolute Gasteiger partial charge is 0.211 e. The molecule has 0 radical (unpaired) electrons. The molecule has 0 aliphatic carbocycles. The lowest BCUT2D eigenvalue weighted by molar-refractivity contribution is 0.176. The van der Waals surface area contributed by atoms with Gasteiger partial charge in [-0.1, -0.05) is 0 Å². The molecule has 2 heterocycles. The van der Waals surface area contributed by atoms with Crippen molar-refractivity contribution in [3.05, 3.63) is 0 Å². The van der Waals surface area contributed by atoms with Gasteiger partial charge in [0.05, 0.1) is 5.75 Å². The molecule has 2 saturated heterocycles. The van der Waals surface area contributed by atoms with Gasteiger partial charge in [-0.05, 0) is 45.2 Å². The first-order valence-corrected chi connectivity index (χ1v) is 8.11. The van der Waals surface area contributed by atoms with E-state index >= 15 is 0 Å². The molecule has 0 amide bonds. The van der Waals surface area contributed by atoms with Gasteiger partial charge in [0.25, 0.3) is 0 Å². The number of sulfonamides is 1. The molecule has 5 nitrogen and oxygen atoms in total. The lowest BCUT2D eigenvalue weighted by Crippen LogP contribution is -2.47. The predicted molar refractivity (Wildman–Crippen MR) is 66.2 cm³/mol. The molecular formula is C11H22N2O3S. The minimum Gasteiger partial charge on any atom is -0.396 e. The van der Waals surface area contributed by atoms with E-state index < -0.39 is 10.0 Å². The van der Waals surface area contributed by atoms with Gasteiger partial charge in [-0.3, -0.25) is 0 Å². The van der Waals surface area contributed by atoms with Gasteiger partial charge in [-0.2, -0.15) is 0 Å². The third-order valence-electron chi connectivity index (χ3n) is 3.74. The molecule has 2 atom stereocenters. The molecule has 100 valence electrons. The molecule has 2 aliphatic rings. The Labute approximate surface area is 103 Å². The second kappa shape index (κ2) is 5.65. The molecule has 2 N–H and O–H groups in total. The molecule has 0 aromatic rings. The zero-order valence-corrected chi connectivity index (χ0v) is 11.0. The average molecular weight is 262 g/mol. The number of nitrogens with one attached hydrogen (secondary N) is 1. The molecule has 0 spiro atoms. The van der Waals surface area contributed by atoms with Crippen LogP contribution in [0.25, 0.3) is 0 Å². The summed E-state index contributed by atoms with van der Waals surface area (Å²) < 4.78 is 26.2. The Hall–Kier alpha value is -0.170. The Morgan fingerprint density at radius 1 is 1.29 bits per heavy atom. The van der Waals surface area contributed by atoms with Crippen LogP contribution in [0.4, 0.5) is 0 Å². The Bertz CT molecular complexity index is 345. The summed E-state index contributed by atoms with van der Waals surface area (Å²) in [6.45, 7) is 2.12. The Balaban J connectivity index is 1.83. The van der Waals surface area contributed by atoms with E-state index in [1.807, 2.05) is 0 Å². The number of piperidine rings is 1. The van der Waals surface area contributed by atoms with E-state index in [4.69, 9.17) is 5.11 Å². The summed E-state index contributed by atoms with van der Waals surface area (Å²) in [7, 11) is -3.20.